The van der Waals surface area contributed by atoms with Gasteiger partial charge in [-0.15, -0.1) is 0 Å². The van der Waals surface area contributed by atoms with E-state index in [4.69, 9.17) is 14.2 Å². The fourth-order valence-electron chi connectivity index (χ4n) is 9.90. The third kappa shape index (κ3) is 55.7. The van der Waals surface area contributed by atoms with Crippen LogP contribution in [0.15, 0.2) is 0 Å². The molecule has 0 aromatic heterocycles. The van der Waals surface area contributed by atoms with Gasteiger partial charge in [0.15, 0.2) is 6.10 Å². The highest BCUT2D eigenvalue weighted by molar-refractivity contribution is 5.71. The van der Waals surface area contributed by atoms with Crippen molar-refractivity contribution in [3.05, 3.63) is 0 Å². The number of unbranched alkanes of at least 4 members (excludes halogenated alkanes) is 42. The smallest absolute Gasteiger partial charge is 0.306 e. The first-order valence-electron chi connectivity index (χ1n) is 31.8. The summed E-state index contributed by atoms with van der Waals surface area (Å²) >= 11 is 0. The Balaban J connectivity index is 4.30. The van der Waals surface area contributed by atoms with Crippen molar-refractivity contribution in [2.75, 3.05) is 13.2 Å². The van der Waals surface area contributed by atoms with Crippen LogP contribution in [-0.2, 0) is 28.6 Å². The molecule has 1 unspecified atom stereocenters. The van der Waals surface area contributed by atoms with Gasteiger partial charge in [0.05, 0.1) is 0 Å². The highest BCUT2D eigenvalue weighted by atomic mass is 16.6. The van der Waals surface area contributed by atoms with E-state index in [0.29, 0.717) is 19.3 Å². The van der Waals surface area contributed by atoms with Crippen LogP contribution in [0.25, 0.3) is 0 Å². The van der Waals surface area contributed by atoms with E-state index < -0.39 is 6.10 Å². The molecule has 0 saturated heterocycles. The predicted molar refractivity (Wildman–Crippen MR) is 303 cm³/mol. The van der Waals surface area contributed by atoms with Gasteiger partial charge in [0.2, 0.25) is 0 Å². The summed E-state index contributed by atoms with van der Waals surface area (Å²) in [4.78, 5) is 38.3. The zero-order chi connectivity index (χ0) is 51.1. The number of carbonyl (C=O) groups is 3. The summed E-state index contributed by atoms with van der Waals surface area (Å²) < 4.78 is 17.0. The minimum atomic E-state index is -0.764. The van der Waals surface area contributed by atoms with Gasteiger partial charge in [-0.2, -0.15) is 0 Å². The molecule has 0 amide bonds. The normalized spacial score (nSPS) is 12.4. The average molecular weight is 990 g/mol. The summed E-state index contributed by atoms with van der Waals surface area (Å²) in [5, 5.41) is 0. The quantitative estimate of drug-likeness (QED) is 0.0343. The topological polar surface area (TPSA) is 78.9 Å². The van der Waals surface area contributed by atoms with Crippen molar-refractivity contribution in [3.63, 3.8) is 0 Å². The van der Waals surface area contributed by atoms with Gasteiger partial charge >= 0.3 is 17.9 Å². The van der Waals surface area contributed by atoms with Crippen molar-refractivity contribution in [1.82, 2.24) is 0 Å². The second-order valence-electron chi connectivity index (χ2n) is 22.8. The average Bonchev–Trinajstić information content (AvgIpc) is 3.35. The van der Waals surface area contributed by atoms with Crippen molar-refractivity contribution in [2.45, 2.75) is 368 Å². The fraction of sp³-hybridized carbons (Fsp3) is 0.953. The van der Waals surface area contributed by atoms with Gasteiger partial charge in [-0.05, 0) is 31.1 Å². The molecule has 6 nitrogen and oxygen atoms in total. The highest BCUT2D eigenvalue weighted by Crippen LogP contribution is 2.19. The second-order valence-corrected chi connectivity index (χ2v) is 22.8. The first-order chi connectivity index (χ1) is 34.3. The van der Waals surface area contributed by atoms with Gasteiger partial charge in [0, 0.05) is 19.3 Å². The molecular formula is C64H124O6. The van der Waals surface area contributed by atoms with E-state index in [9.17, 15) is 14.4 Å². The summed E-state index contributed by atoms with van der Waals surface area (Å²) in [6.07, 6.45) is 62.3. The lowest BCUT2D eigenvalue weighted by molar-refractivity contribution is -0.167. The SMILES string of the molecule is CCCCCCCCCCCCCCCCCCCC(=O)OC[C@@H](COC(=O)CCCCCCCCCCCCCCCCC(C)C)OC(=O)CCCCCCCCCCCCCCCCC(C)CC. The summed E-state index contributed by atoms with van der Waals surface area (Å²) in [5.41, 5.74) is 0. The zero-order valence-corrected chi connectivity index (χ0v) is 48.2. The van der Waals surface area contributed by atoms with Crippen LogP contribution in [0.4, 0.5) is 0 Å². The van der Waals surface area contributed by atoms with E-state index in [2.05, 4.69) is 34.6 Å². The Morgan fingerprint density at radius 1 is 0.300 bits per heavy atom. The molecule has 0 fully saturated rings. The van der Waals surface area contributed by atoms with Gasteiger partial charge < -0.3 is 14.2 Å². The van der Waals surface area contributed by atoms with Crippen LogP contribution in [0.1, 0.15) is 362 Å². The van der Waals surface area contributed by atoms with E-state index in [1.165, 1.54) is 250 Å². The summed E-state index contributed by atoms with van der Waals surface area (Å²) in [6.45, 7) is 11.5. The van der Waals surface area contributed by atoms with Crippen molar-refractivity contribution in [1.29, 1.82) is 0 Å². The molecule has 0 rings (SSSR count). The van der Waals surface area contributed by atoms with Crippen LogP contribution in [0.2, 0.25) is 0 Å². The van der Waals surface area contributed by atoms with Crippen molar-refractivity contribution in [2.24, 2.45) is 11.8 Å². The standard InChI is InChI=1S/C64H124O6/c1-6-8-9-10-11-12-13-14-15-16-17-24-29-34-39-44-49-54-62(65)68-57-61(58-69-63(66)55-50-45-40-35-30-25-20-18-22-27-32-37-42-47-52-59(3)4)70-64(67)56-51-46-41-36-31-26-21-19-23-28-33-38-43-48-53-60(5)7-2/h59-61H,6-58H2,1-5H3/t60?,61-/m0/s1. The van der Waals surface area contributed by atoms with Crippen molar-refractivity contribution < 1.29 is 28.6 Å². The van der Waals surface area contributed by atoms with Gasteiger partial charge in [0.25, 0.3) is 0 Å². The number of hydrogen-bond donors (Lipinski definition) is 0. The Bertz CT molecular complexity index is 1070. The fourth-order valence-corrected chi connectivity index (χ4v) is 9.90. The number of ether oxygens (including phenoxy) is 3. The molecule has 0 spiro atoms. The van der Waals surface area contributed by atoms with E-state index in [-0.39, 0.29) is 31.1 Å². The van der Waals surface area contributed by atoms with E-state index in [1.807, 2.05) is 0 Å². The number of rotatable bonds is 58. The Kier molecular flexibility index (Phi) is 55.4. The minimum Gasteiger partial charge on any atom is -0.462 e. The van der Waals surface area contributed by atoms with Crippen LogP contribution in [0, 0.1) is 11.8 Å². The Hall–Kier alpha value is -1.59. The van der Waals surface area contributed by atoms with E-state index in [1.54, 1.807) is 0 Å². The molecule has 0 bridgehead atoms. The molecule has 0 aliphatic carbocycles. The predicted octanol–water partition coefficient (Wildman–Crippen LogP) is 21.2. The maximum absolute atomic E-state index is 12.9. The first kappa shape index (κ1) is 68.4. The molecule has 70 heavy (non-hydrogen) atoms. The Morgan fingerprint density at radius 2 is 0.543 bits per heavy atom. The van der Waals surface area contributed by atoms with Crippen LogP contribution >= 0.6 is 0 Å². The largest absolute Gasteiger partial charge is 0.462 e. The molecule has 6 heteroatoms. The lowest BCUT2D eigenvalue weighted by atomic mass is 9.99. The molecule has 2 atom stereocenters. The Morgan fingerprint density at radius 3 is 0.814 bits per heavy atom. The first-order valence-corrected chi connectivity index (χ1v) is 31.8. The maximum Gasteiger partial charge on any atom is 0.306 e. The molecule has 0 aliphatic rings. The lowest BCUT2D eigenvalue weighted by Gasteiger charge is -2.18. The van der Waals surface area contributed by atoms with Crippen molar-refractivity contribution in [3.8, 4) is 0 Å². The maximum atomic E-state index is 12.9. The van der Waals surface area contributed by atoms with Crippen LogP contribution in [0.5, 0.6) is 0 Å². The van der Waals surface area contributed by atoms with Crippen LogP contribution in [-0.4, -0.2) is 37.2 Å². The molecule has 0 heterocycles. The molecule has 0 saturated carbocycles. The highest BCUT2D eigenvalue weighted by Gasteiger charge is 2.19. The molecule has 0 aromatic carbocycles. The molecule has 0 aliphatic heterocycles. The van der Waals surface area contributed by atoms with Gasteiger partial charge in [-0.3, -0.25) is 14.4 Å². The van der Waals surface area contributed by atoms with Gasteiger partial charge in [0.1, 0.15) is 13.2 Å². The lowest BCUT2D eigenvalue weighted by Crippen LogP contribution is -2.30. The molecule has 0 aromatic rings. The van der Waals surface area contributed by atoms with Crippen LogP contribution < -0.4 is 0 Å². The van der Waals surface area contributed by atoms with Crippen molar-refractivity contribution >= 4 is 17.9 Å². The molecular weight excluding hydrogens is 865 g/mol. The Labute approximate surface area is 438 Å². The third-order valence-electron chi connectivity index (χ3n) is 15.1. The second kappa shape index (κ2) is 56.7. The molecule has 0 radical (unpaired) electrons. The summed E-state index contributed by atoms with van der Waals surface area (Å²) in [7, 11) is 0. The summed E-state index contributed by atoms with van der Waals surface area (Å²) in [5.74, 6) is 0.908. The van der Waals surface area contributed by atoms with Crippen LogP contribution in [0.3, 0.4) is 0 Å². The molecule has 0 N–H and O–H groups in total. The number of hydrogen-bond acceptors (Lipinski definition) is 6. The zero-order valence-electron chi connectivity index (χ0n) is 48.2. The number of esters is 3. The molecule has 416 valence electrons. The minimum absolute atomic E-state index is 0.0619. The van der Waals surface area contributed by atoms with E-state index in [0.717, 1.165) is 69.6 Å². The van der Waals surface area contributed by atoms with Gasteiger partial charge in [-0.1, -0.05) is 324 Å². The van der Waals surface area contributed by atoms with Gasteiger partial charge in [-0.25, -0.2) is 0 Å². The monoisotopic (exact) mass is 989 g/mol. The third-order valence-corrected chi connectivity index (χ3v) is 15.1. The van der Waals surface area contributed by atoms with E-state index >= 15 is 0 Å². The number of carbonyl (C=O) groups excluding carboxylic acids is 3. The summed E-state index contributed by atoms with van der Waals surface area (Å²) in [6, 6.07) is 0.